The van der Waals surface area contributed by atoms with Crippen molar-refractivity contribution in [2.24, 2.45) is 5.73 Å². The van der Waals surface area contributed by atoms with Gasteiger partial charge in [-0.3, -0.25) is 0 Å². The zero-order valence-electron chi connectivity index (χ0n) is 31.3. The molecule has 0 saturated carbocycles. The number of rotatable bonds is 4. The van der Waals surface area contributed by atoms with Gasteiger partial charge in [0.05, 0.1) is 11.0 Å². The van der Waals surface area contributed by atoms with E-state index in [0.717, 1.165) is 17.7 Å². The van der Waals surface area contributed by atoms with Gasteiger partial charge in [-0.15, -0.1) is 0 Å². The second-order valence-corrected chi connectivity index (χ2v) is 14.7. The summed E-state index contributed by atoms with van der Waals surface area (Å²) in [5.41, 5.74) is 14.7. The number of para-hydroxylation sites is 2. The van der Waals surface area contributed by atoms with Crippen molar-refractivity contribution in [2.75, 3.05) is 0 Å². The summed E-state index contributed by atoms with van der Waals surface area (Å²) in [6, 6.07) is 69.3. The van der Waals surface area contributed by atoms with E-state index in [1.807, 2.05) is 6.07 Å². The summed E-state index contributed by atoms with van der Waals surface area (Å²) < 4.78 is 2.45. The van der Waals surface area contributed by atoms with Crippen molar-refractivity contribution >= 4 is 81.4 Å². The molecule has 1 aromatic heterocycles. The van der Waals surface area contributed by atoms with Gasteiger partial charge in [0.15, 0.2) is 0 Å². The number of nitrogens with two attached hydrogens (primary N) is 1. The Hall–Kier alpha value is -7.16. The summed E-state index contributed by atoms with van der Waals surface area (Å²) >= 11 is 0. The summed E-state index contributed by atoms with van der Waals surface area (Å²) in [6.45, 7) is 2.23. The van der Waals surface area contributed by atoms with Gasteiger partial charge < -0.3 is 10.3 Å². The molecule has 10 aromatic carbocycles. The van der Waals surface area contributed by atoms with Gasteiger partial charge in [-0.1, -0.05) is 176 Å². The van der Waals surface area contributed by atoms with E-state index in [1.165, 1.54) is 92.5 Å². The molecular weight excluding hydrogens is 677 g/mol. The van der Waals surface area contributed by atoms with Gasteiger partial charge in [-0.2, -0.15) is 0 Å². The molecule has 0 aliphatic carbocycles. The Bertz CT molecular complexity index is 3280. The van der Waals surface area contributed by atoms with E-state index in [-0.39, 0.29) is 0 Å². The van der Waals surface area contributed by atoms with Gasteiger partial charge in [-0.25, -0.2) is 0 Å². The molecule has 0 atom stereocenters. The molecule has 266 valence electrons. The first-order valence-corrected chi connectivity index (χ1v) is 19.4. The Morgan fingerprint density at radius 3 is 1.73 bits per heavy atom. The fraction of sp³-hybridized carbons (Fsp3) is 0.0370. The molecule has 0 bridgehead atoms. The average molecular weight is 717 g/mol. The van der Waals surface area contributed by atoms with Crippen LogP contribution in [0.4, 0.5) is 0 Å². The lowest BCUT2D eigenvalue weighted by atomic mass is 9.91. The lowest BCUT2D eigenvalue weighted by molar-refractivity contribution is 1.19. The third-order valence-corrected chi connectivity index (χ3v) is 11.3. The number of benzene rings is 10. The molecule has 0 radical (unpaired) electrons. The van der Waals surface area contributed by atoms with Crippen LogP contribution < -0.4 is 5.73 Å². The first kappa shape index (κ1) is 33.4. The Morgan fingerprint density at radius 2 is 1.00 bits per heavy atom. The lowest BCUT2D eigenvalue weighted by Gasteiger charge is -2.14. The van der Waals surface area contributed by atoms with Crippen LogP contribution >= 0.6 is 0 Å². The van der Waals surface area contributed by atoms with Crippen molar-refractivity contribution in [1.82, 2.24) is 4.57 Å². The summed E-state index contributed by atoms with van der Waals surface area (Å²) in [6.07, 6.45) is 2.96. The summed E-state index contributed by atoms with van der Waals surface area (Å²) in [5.74, 6) is 0. The van der Waals surface area contributed by atoms with Gasteiger partial charge in [0.2, 0.25) is 0 Å². The maximum atomic E-state index is 6.46. The number of hydrogen-bond acceptors (Lipinski definition) is 1. The average Bonchev–Trinajstić information content (AvgIpc) is 3.62. The van der Waals surface area contributed by atoms with Crippen LogP contribution in [0, 0.1) is 6.92 Å². The molecule has 0 unspecified atom stereocenters. The molecule has 0 spiro atoms. The molecular formula is C54H40N2. The summed E-state index contributed by atoms with van der Waals surface area (Å²) in [7, 11) is 0. The minimum atomic E-state index is 0.834. The quantitative estimate of drug-likeness (QED) is 0.181. The second kappa shape index (κ2) is 13.9. The highest BCUT2D eigenvalue weighted by atomic mass is 15.0. The summed E-state index contributed by atoms with van der Waals surface area (Å²) in [5, 5.41) is 15.5. The maximum Gasteiger partial charge on any atom is 0.0626 e. The number of aromatic nitrogens is 1. The maximum absolute atomic E-state index is 6.46. The molecule has 0 aliphatic heterocycles. The van der Waals surface area contributed by atoms with Crippen LogP contribution in [0.15, 0.2) is 200 Å². The minimum absolute atomic E-state index is 0.834. The molecule has 11 aromatic rings. The van der Waals surface area contributed by atoms with Crippen LogP contribution in [-0.2, 0) is 6.42 Å². The molecule has 11 rings (SSSR count). The Labute approximate surface area is 326 Å². The Balaban J connectivity index is 0.000000143. The molecule has 56 heavy (non-hydrogen) atoms. The molecule has 2 nitrogen and oxygen atoms in total. The van der Waals surface area contributed by atoms with E-state index in [2.05, 4.69) is 206 Å². The van der Waals surface area contributed by atoms with E-state index >= 15 is 0 Å². The van der Waals surface area contributed by atoms with Crippen LogP contribution in [0.5, 0.6) is 0 Å². The molecule has 0 amide bonds. The number of nitrogens with zero attached hydrogens (tertiary/aromatic N) is 1. The largest absolute Gasteiger partial charge is 0.398 e. The zero-order valence-corrected chi connectivity index (χ0v) is 31.3. The third kappa shape index (κ3) is 5.58. The highest BCUT2D eigenvalue weighted by Gasteiger charge is 2.20. The van der Waals surface area contributed by atoms with Crippen molar-refractivity contribution in [3.8, 4) is 5.69 Å². The van der Waals surface area contributed by atoms with Crippen molar-refractivity contribution in [2.45, 2.75) is 13.3 Å². The highest BCUT2D eigenvalue weighted by molar-refractivity contribution is 6.37. The van der Waals surface area contributed by atoms with Crippen molar-refractivity contribution in [3.05, 3.63) is 217 Å². The lowest BCUT2D eigenvalue weighted by Crippen LogP contribution is -1.99. The van der Waals surface area contributed by atoms with Gasteiger partial charge >= 0.3 is 0 Å². The zero-order chi connectivity index (χ0) is 37.6. The standard InChI is InChI=1S/C31H21N.C23H19N/c1-20-19-27-23-14-6-8-16-25(23)31-30(29(27)24-15-7-5-13-22(20)24)26-17-9-10-18-28(26)32(31)21-11-3-2-4-12-21;24-23(15-14-17-8-2-1-3-9-17)22-16-18-10-4-5-11-19(18)20-12-6-7-13-21(20)22/h2-19H,1H3;1-13,15-16H,14,24H2/b;23-15-. The molecule has 0 saturated heterocycles. The monoisotopic (exact) mass is 716 g/mol. The highest BCUT2D eigenvalue weighted by Crippen LogP contribution is 2.45. The van der Waals surface area contributed by atoms with Crippen molar-refractivity contribution in [3.63, 3.8) is 0 Å². The topological polar surface area (TPSA) is 30.9 Å². The number of hydrogen-bond donors (Lipinski definition) is 1. The van der Waals surface area contributed by atoms with Gasteiger partial charge in [0.1, 0.15) is 0 Å². The molecule has 0 fully saturated rings. The third-order valence-electron chi connectivity index (χ3n) is 11.3. The van der Waals surface area contributed by atoms with Crippen LogP contribution in [0.1, 0.15) is 16.7 Å². The first-order chi connectivity index (χ1) is 27.7. The van der Waals surface area contributed by atoms with Crippen LogP contribution in [0.2, 0.25) is 0 Å². The van der Waals surface area contributed by atoms with Crippen LogP contribution in [0.25, 0.3) is 87.1 Å². The van der Waals surface area contributed by atoms with E-state index < -0.39 is 0 Å². The van der Waals surface area contributed by atoms with Crippen LogP contribution in [-0.4, -0.2) is 4.57 Å². The van der Waals surface area contributed by atoms with E-state index in [1.54, 1.807) is 0 Å². The van der Waals surface area contributed by atoms with E-state index in [0.29, 0.717) is 0 Å². The SMILES string of the molecule is Cc1cc2c3ccccc3c3c(c4ccccc4n3-c3ccccc3)c2c2ccccc12.N/C(=C\Cc1ccccc1)c1cc2ccccc2c2ccccc12. The molecule has 2 heteroatoms. The Morgan fingerprint density at radius 1 is 0.464 bits per heavy atom. The van der Waals surface area contributed by atoms with Gasteiger partial charge in [0.25, 0.3) is 0 Å². The minimum Gasteiger partial charge on any atom is -0.398 e. The number of allylic oxidation sites excluding steroid dienone is 1. The van der Waals surface area contributed by atoms with E-state index in [4.69, 9.17) is 5.73 Å². The van der Waals surface area contributed by atoms with Crippen molar-refractivity contribution in [1.29, 1.82) is 0 Å². The van der Waals surface area contributed by atoms with Gasteiger partial charge in [-0.05, 0) is 91.8 Å². The second-order valence-electron chi connectivity index (χ2n) is 14.7. The van der Waals surface area contributed by atoms with Crippen LogP contribution in [0.3, 0.4) is 0 Å². The molecule has 2 N–H and O–H groups in total. The fourth-order valence-corrected chi connectivity index (χ4v) is 8.80. The van der Waals surface area contributed by atoms with Crippen molar-refractivity contribution < 1.29 is 0 Å². The number of aryl methyl sites for hydroxylation is 1. The molecule has 0 aliphatic rings. The fourth-order valence-electron chi connectivity index (χ4n) is 8.80. The van der Waals surface area contributed by atoms with Gasteiger partial charge in [0, 0.05) is 38.5 Å². The predicted molar refractivity (Wildman–Crippen MR) is 242 cm³/mol. The normalized spacial score (nSPS) is 11.9. The first-order valence-electron chi connectivity index (χ1n) is 19.4. The smallest absolute Gasteiger partial charge is 0.0626 e. The predicted octanol–water partition coefficient (Wildman–Crippen LogP) is 14.1. The molecule has 1 heterocycles. The summed E-state index contributed by atoms with van der Waals surface area (Å²) in [4.78, 5) is 0. The number of fused-ring (bicyclic) bond motifs is 13. The van der Waals surface area contributed by atoms with E-state index in [9.17, 15) is 0 Å². The Kier molecular flexibility index (Phi) is 8.30.